The second kappa shape index (κ2) is 7.57. The third-order valence-electron chi connectivity index (χ3n) is 3.40. The van der Waals surface area contributed by atoms with Crippen molar-refractivity contribution in [1.82, 2.24) is 4.90 Å². The highest BCUT2D eigenvalue weighted by Crippen LogP contribution is 2.21. The predicted molar refractivity (Wildman–Crippen MR) is 78.2 cm³/mol. The predicted octanol–water partition coefficient (Wildman–Crippen LogP) is 1.60. The summed E-state index contributed by atoms with van der Waals surface area (Å²) in [7, 11) is 0. The molecule has 0 bridgehead atoms. The lowest BCUT2D eigenvalue weighted by Gasteiger charge is -2.26. The van der Waals surface area contributed by atoms with Crippen molar-refractivity contribution in [2.75, 3.05) is 44.7 Å². The molecular weight excluding hydrogens is 272 g/mol. The first-order valence-corrected chi connectivity index (χ1v) is 6.93. The molecule has 1 aromatic rings. The van der Waals surface area contributed by atoms with Gasteiger partial charge < -0.3 is 10.1 Å². The van der Waals surface area contributed by atoms with E-state index in [4.69, 9.17) is 10.00 Å². The third-order valence-corrected chi connectivity index (χ3v) is 3.40. The number of hydrogen-bond acceptors (Lipinski definition) is 6. The van der Waals surface area contributed by atoms with Crippen molar-refractivity contribution in [3.63, 3.8) is 0 Å². The molecular formula is C14H18N4O3. The number of benzene rings is 1. The van der Waals surface area contributed by atoms with Crippen LogP contribution < -0.4 is 5.32 Å². The van der Waals surface area contributed by atoms with Gasteiger partial charge in [0, 0.05) is 31.8 Å². The van der Waals surface area contributed by atoms with Gasteiger partial charge in [0.25, 0.3) is 5.69 Å². The summed E-state index contributed by atoms with van der Waals surface area (Å²) in [5.41, 5.74) is 0.881. The highest BCUT2D eigenvalue weighted by molar-refractivity contribution is 5.61. The van der Waals surface area contributed by atoms with E-state index in [1.807, 2.05) is 6.07 Å². The molecule has 0 atom stereocenters. The molecule has 0 aromatic heterocycles. The molecule has 0 saturated carbocycles. The molecule has 0 aliphatic carbocycles. The lowest BCUT2D eigenvalue weighted by Crippen LogP contribution is -2.37. The molecule has 1 aromatic carbocycles. The fourth-order valence-corrected chi connectivity index (χ4v) is 2.24. The van der Waals surface area contributed by atoms with Crippen LogP contribution in [0.4, 0.5) is 11.4 Å². The maximum absolute atomic E-state index is 10.7. The van der Waals surface area contributed by atoms with Gasteiger partial charge in [0.15, 0.2) is 0 Å². The van der Waals surface area contributed by atoms with E-state index in [1.165, 1.54) is 12.1 Å². The number of ether oxygens (including phenoxy) is 1. The van der Waals surface area contributed by atoms with E-state index in [1.54, 1.807) is 6.07 Å². The SMILES string of the molecule is N#Cc1cc([N+](=O)[O-])ccc1NCCCN1CCOCC1. The van der Waals surface area contributed by atoms with Crippen LogP contribution in [0.3, 0.4) is 0 Å². The Bertz CT molecular complexity index is 536. The topological polar surface area (TPSA) is 91.4 Å². The molecule has 7 nitrogen and oxygen atoms in total. The molecule has 21 heavy (non-hydrogen) atoms. The second-order valence-corrected chi connectivity index (χ2v) is 4.83. The zero-order chi connectivity index (χ0) is 15.1. The maximum Gasteiger partial charge on any atom is 0.270 e. The van der Waals surface area contributed by atoms with Crippen molar-refractivity contribution in [1.29, 1.82) is 5.26 Å². The number of nitriles is 1. The van der Waals surface area contributed by atoms with Crippen LogP contribution in [0.2, 0.25) is 0 Å². The van der Waals surface area contributed by atoms with Crippen LogP contribution in [0.5, 0.6) is 0 Å². The Morgan fingerprint density at radius 1 is 1.43 bits per heavy atom. The molecule has 112 valence electrons. The molecule has 2 rings (SSSR count). The van der Waals surface area contributed by atoms with Crippen molar-refractivity contribution in [2.45, 2.75) is 6.42 Å². The van der Waals surface area contributed by atoms with Crippen molar-refractivity contribution in [2.24, 2.45) is 0 Å². The molecule has 7 heteroatoms. The van der Waals surface area contributed by atoms with Gasteiger partial charge in [-0.05, 0) is 19.0 Å². The molecule has 1 aliphatic rings. The van der Waals surface area contributed by atoms with Crippen LogP contribution in [0.25, 0.3) is 0 Å². The minimum Gasteiger partial charge on any atom is -0.384 e. The van der Waals surface area contributed by atoms with Crippen LogP contribution >= 0.6 is 0 Å². The summed E-state index contributed by atoms with van der Waals surface area (Å²) in [5, 5.41) is 22.9. The largest absolute Gasteiger partial charge is 0.384 e. The standard InChI is InChI=1S/C14H18N4O3/c15-11-12-10-13(18(19)20)2-3-14(12)16-4-1-5-17-6-8-21-9-7-17/h2-3,10,16H,1,4-9H2. The van der Waals surface area contributed by atoms with Gasteiger partial charge in [-0.3, -0.25) is 15.0 Å². The van der Waals surface area contributed by atoms with E-state index in [-0.39, 0.29) is 5.69 Å². The summed E-state index contributed by atoms with van der Waals surface area (Å²) in [6.45, 7) is 5.19. The molecule has 0 amide bonds. The van der Waals surface area contributed by atoms with E-state index in [2.05, 4.69) is 10.2 Å². The van der Waals surface area contributed by atoms with Crippen molar-refractivity contribution in [3.8, 4) is 6.07 Å². The summed E-state index contributed by atoms with van der Waals surface area (Å²) >= 11 is 0. The van der Waals surface area contributed by atoms with Crippen LogP contribution in [0, 0.1) is 21.4 Å². The van der Waals surface area contributed by atoms with Gasteiger partial charge in [-0.25, -0.2) is 0 Å². The highest BCUT2D eigenvalue weighted by atomic mass is 16.6. The Balaban J connectivity index is 1.82. The first-order valence-electron chi connectivity index (χ1n) is 6.93. The summed E-state index contributed by atoms with van der Waals surface area (Å²) in [6.07, 6.45) is 0.946. The quantitative estimate of drug-likeness (QED) is 0.486. The Kier molecular flexibility index (Phi) is 5.49. The van der Waals surface area contributed by atoms with E-state index in [0.29, 0.717) is 11.3 Å². The van der Waals surface area contributed by atoms with E-state index >= 15 is 0 Å². The molecule has 0 spiro atoms. The number of morpholine rings is 1. The zero-order valence-electron chi connectivity index (χ0n) is 11.7. The van der Waals surface area contributed by atoms with Crippen molar-refractivity contribution in [3.05, 3.63) is 33.9 Å². The number of nitrogens with zero attached hydrogens (tertiary/aromatic N) is 3. The number of nitrogens with one attached hydrogen (secondary N) is 1. The Hall–Kier alpha value is -2.17. The summed E-state index contributed by atoms with van der Waals surface area (Å²) in [4.78, 5) is 12.5. The van der Waals surface area contributed by atoms with Gasteiger partial charge in [0.05, 0.1) is 29.4 Å². The number of nitro groups is 1. The average molecular weight is 290 g/mol. The number of anilines is 1. The van der Waals surface area contributed by atoms with Crippen molar-refractivity contribution >= 4 is 11.4 Å². The molecule has 1 fully saturated rings. The van der Waals surface area contributed by atoms with Gasteiger partial charge in [0.2, 0.25) is 0 Å². The fourth-order valence-electron chi connectivity index (χ4n) is 2.24. The number of non-ortho nitro benzene ring substituents is 1. The molecule has 1 N–H and O–H groups in total. The Labute approximate surface area is 123 Å². The Morgan fingerprint density at radius 3 is 2.86 bits per heavy atom. The zero-order valence-corrected chi connectivity index (χ0v) is 11.7. The van der Waals surface area contributed by atoms with Crippen LogP contribution in [-0.4, -0.2) is 49.2 Å². The summed E-state index contributed by atoms with van der Waals surface area (Å²) in [6, 6.07) is 6.28. The molecule has 0 unspecified atom stereocenters. The average Bonchev–Trinajstić information content (AvgIpc) is 2.52. The molecule has 1 saturated heterocycles. The molecule has 1 aliphatic heterocycles. The maximum atomic E-state index is 10.7. The Morgan fingerprint density at radius 2 is 2.19 bits per heavy atom. The lowest BCUT2D eigenvalue weighted by atomic mass is 10.1. The van der Waals surface area contributed by atoms with Gasteiger partial charge in [0.1, 0.15) is 6.07 Å². The van der Waals surface area contributed by atoms with Gasteiger partial charge in [-0.15, -0.1) is 0 Å². The highest BCUT2D eigenvalue weighted by Gasteiger charge is 2.11. The summed E-state index contributed by atoms with van der Waals surface area (Å²) < 4.78 is 5.29. The van der Waals surface area contributed by atoms with Crippen LogP contribution in [-0.2, 0) is 4.74 Å². The number of hydrogen-bond donors (Lipinski definition) is 1. The fraction of sp³-hybridized carbons (Fsp3) is 0.500. The van der Waals surface area contributed by atoms with Gasteiger partial charge in [-0.2, -0.15) is 5.26 Å². The van der Waals surface area contributed by atoms with Gasteiger partial charge in [-0.1, -0.05) is 0 Å². The summed E-state index contributed by atoms with van der Waals surface area (Å²) in [5.74, 6) is 0. The van der Waals surface area contributed by atoms with Gasteiger partial charge >= 0.3 is 0 Å². The monoisotopic (exact) mass is 290 g/mol. The minimum atomic E-state index is -0.497. The molecule has 1 heterocycles. The minimum absolute atomic E-state index is 0.0644. The number of rotatable bonds is 6. The normalized spacial score (nSPS) is 15.4. The second-order valence-electron chi connectivity index (χ2n) is 4.83. The first-order chi connectivity index (χ1) is 10.2. The first kappa shape index (κ1) is 15.2. The molecule has 0 radical (unpaired) electrons. The van der Waals surface area contributed by atoms with E-state index in [0.717, 1.165) is 45.8 Å². The van der Waals surface area contributed by atoms with E-state index < -0.39 is 4.92 Å². The van der Waals surface area contributed by atoms with Crippen molar-refractivity contribution < 1.29 is 9.66 Å². The van der Waals surface area contributed by atoms with Crippen LogP contribution in [0.1, 0.15) is 12.0 Å². The van der Waals surface area contributed by atoms with E-state index in [9.17, 15) is 10.1 Å². The lowest BCUT2D eigenvalue weighted by molar-refractivity contribution is -0.384. The number of nitro benzene ring substituents is 1. The smallest absolute Gasteiger partial charge is 0.270 e. The van der Waals surface area contributed by atoms with Crippen LogP contribution in [0.15, 0.2) is 18.2 Å². The third kappa shape index (κ3) is 4.41.